The molecule has 5 unspecified atom stereocenters. The Hall–Kier alpha value is -4.02. The Morgan fingerprint density at radius 1 is 0.290 bits per heavy atom. The number of carbonyl (C=O) groups is 4. The molecule has 3 N–H and O–H groups in total. The maximum atomic E-state index is 13.1. The van der Waals surface area contributed by atoms with Gasteiger partial charge >= 0.3 is 39.5 Å². The number of phosphoric ester groups is 2. The van der Waals surface area contributed by atoms with Gasteiger partial charge in [-0.1, -0.05) is 266 Å². The molecular weight excluding hydrogens is 1310 g/mol. The second kappa shape index (κ2) is 73.3. The molecule has 17 nitrogen and oxygen atoms in total. The van der Waals surface area contributed by atoms with Gasteiger partial charge in [-0.2, -0.15) is 0 Å². The van der Waals surface area contributed by atoms with E-state index >= 15 is 0 Å². The van der Waals surface area contributed by atoms with E-state index in [0.29, 0.717) is 25.7 Å². The fourth-order valence-electron chi connectivity index (χ4n) is 10.5. The molecule has 0 heterocycles. The van der Waals surface area contributed by atoms with E-state index in [1.54, 1.807) is 0 Å². The van der Waals surface area contributed by atoms with Gasteiger partial charge in [-0.3, -0.25) is 37.3 Å². The normalized spacial score (nSPS) is 14.4. The number of ether oxygens (including phenoxy) is 4. The van der Waals surface area contributed by atoms with Gasteiger partial charge in [-0.05, 0) is 141 Å². The van der Waals surface area contributed by atoms with Crippen LogP contribution >= 0.6 is 15.6 Å². The van der Waals surface area contributed by atoms with Gasteiger partial charge in [0, 0.05) is 25.7 Å². The van der Waals surface area contributed by atoms with Gasteiger partial charge in [0.2, 0.25) is 0 Å². The Balaban J connectivity index is 5.36. The van der Waals surface area contributed by atoms with Crippen molar-refractivity contribution in [3.05, 3.63) is 97.2 Å². The van der Waals surface area contributed by atoms with E-state index in [-0.39, 0.29) is 25.7 Å². The van der Waals surface area contributed by atoms with Gasteiger partial charge in [0.15, 0.2) is 12.2 Å². The number of carbonyl (C=O) groups excluding carboxylic acids is 4. The number of aliphatic hydroxyl groups is 1. The second-order valence-electron chi connectivity index (χ2n) is 26.3. The summed E-state index contributed by atoms with van der Waals surface area (Å²) in [7, 11) is -9.96. The number of hydrogen-bond acceptors (Lipinski definition) is 15. The monoisotopic (exact) mass is 1450 g/mol. The van der Waals surface area contributed by atoms with Crippen LogP contribution in [0.25, 0.3) is 0 Å². The molecule has 0 saturated carbocycles. The first kappa shape index (κ1) is 96.0. The quantitative estimate of drug-likeness (QED) is 0.0169. The Bertz CT molecular complexity index is 2270. The van der Waals surface area contributed by atoms with Crippen molar-refractivity contribution in [2.75, 3.05) is 39.6 Å². The number of aliphatic hydroxyl groups excluding tert-OH is 1. The van der Waals surface area contributed by atoms with Crippen LogP contribution < -0.4 is 0 Å². The lowest BCUT2D eigenvalue weighted by atomic mass is 10.1. The predicted octanol–water partition coefficient (Wildman–Crippen LogP) is 22.8. The number of esters is 4. The highest BCUT2D eigenvalue weighted by Gasteiger charge is 2.30. The highest BCUT2D eigenvalue weighted by atomic mass is 31.2. The minimum absolute atomic E-state index is 0.0774. The summed E-state index contributed by atoms with van der Waals surface area (Å²) in [5, 5.41) is 10.6. The molecule has 0 spiro atoms. The van der Waals surface area contributed by atoms with Crippen LogP contribution in [0.3, 0.4) is 0 Å². The standard InChI is InChI=1S/C81H142O17P2/c1-5-9-13-17-21-25-29-32-35-36-37-38-41-43-47-50-54-58-62-66-79(84)92-72-77(98-81(86)68-64-60-56-52-48-44-40-34-31-27-23-19-15-11-7-3)74-96-100(89,90)94-70-75(82)69-93-99(87,88)95-73-76(97-80(85)67-63-59-55-51-45-28-24-20-16-12-8-4)71-91-78(83)65-61-57-53-49-46-42-39-33-30-26-22-18-14-10-6-2/h9,13,20-21,24-25,32-35,37-40,43,47,75-77,82H,5-8,10-12,14-19,22-23,26-31,36,41-42,44-46,48-74H2,1-4H3,(H,87,88)(H,89,90)/b13-9-,24-20-,25-21-,35-32-,38-37-,39-33-,40-34-,47-43-. The molecule has 0 fully saturated rings. The smallest absolute Gasteiger partial charge is 0.462 e. The summed E-state index contributed by atoms with van der Waals surface area (Å²) in [6.45, 7) is 4.68. The molecule has 0 amide bonds. The SMILES string of the molecule is CC/C=C\C/C=C\C/C=C\C/C=C\C/C=C\CCCCCC(=O)OCC(COP(=O)(O)OCC(O)COP(=O)(O)OCC(COC(=O)CCCCCCC/C=C\CCCCCCCC)OC(=O)CCCCCCC/C=C\CCCC)OC(=O)CCCCCCC/C=C\CCCCCCCC. The third kappa shape index (κ3) is 72.3. The molecule has 0 aromatic rings. The Labute approximate surface area is 607 Å². The van der Waals surface area contributed by atoms with Gasteiger partial charge in [-0.15, -0.1) is 0 Å². The first-order valence-corrected chi connectivity index (χ1v) is 42.5. The van der Waals surface area contributed by atoms with Crippen molar-refractivity contribution in [2.24, 2.45) is 0 Å². The molecule has 0 rings (SSSR count). The zero-order chi connectivity index (χ0) is 73.2. The van der Waals surface area contributed by atoms with Gasteiger partial charge in [0.25, 0.3) is 0 Å². The maximum Gasteiger partial charge on any atom is 0.472 e. The fraction of sp³-hybridized carbons (Fsp3) is 0.753. The third-order valence-corrected chi connectivity index (χ3v) is 18.4. The lowest BCUT2D eigenvalue weighted by Gasteiger charge is -2.21. The molecular formula is C81H142O17P2. The lowest BCUT2D eigenvalue weighted by molar-refractivity contribution is -0.161. The van der Waals surface area contributed by atoms with Crippen LogP contribution in [-0.2, 0) is 65.4 Å². The first-order chi connectivity index (χ1) is 48.7. The van der Waals surface area contributed by atoms with Crippen molar-refractivity contribution in [1.82, 2.24) is 0 Å². The van der Waals surface area contributed by atoms with Crippen molar-refractivity contribution >= 4 is 39.5 Å². The molecule has 0 radical (unpaired) electrons. The van der Waals surface area contributed by atoms with Crippen molar-refractivity contribution in [3.8, 4) is 0 Å². The molecule has 0 bridgehead atoms. The molecule has 0 saturated heterocycles. The van der Waals surface area contributed by atoms with Gasteiger partial charge in [0.1, 0.15) is 19.3 Å². The van der Waals surface area contributed by atoms with E-state index in [1.165, 1.54) is 89.9 Å². The fourth-order valence-corrected chi connectivity index (χ4v) is 12.0. The number of rotatable bonds is 74. The van der Waals surface area contributed by atoms with E-state index in [4.69, 9.17) is 37.0 Å². The van der Waals surface area contributed by atoms with Crippen LogP contribution in [0, 0.1) is 0 Å². The Kier molecular flexibility index (Phi) is 70.4. The maximum absolute atomic E-state index is 13.1. The summed E-state index contributed by atoms with van der Waals surface area (Å²) in [5.41, 5.74) is 0. The molecule has 100 heavy (non-hydrogen) atoms. The van der Waals surface area contributed by atoms with E-state index in [9.17, 15) is 43.2 Å². The van der Waals surface area contributed by atoms with Crippen LogP contribution in [-0.4, -0.2) is 96.7 Å². The molecule has 0 aliphatic heterocycles. The molecule has 0 aromatic carbocycles. The molecule has 0 aliphatic rings. The lowest BCUT2D eigenvalue weighted by Crippen LogP contribution is -2.30. The van der Waals surface area contributed by atoms with E-state index in [1.807, 2.05) is 0 Å². The van der Waals surface area contributed by atoms with Crippen LogP contribution in [0.2, 0.25) is 0 Å². The van der Waals surface area contributed by atoms with Gasteiger partial charge < -0.3 is 33.8 Å². The summed E-state index contributed by atoms with van der Waals surface area (Å²) in [5.74, 6) is -2.23. The van der Waals surface area contributed by atoms with E-state index in [2.05, 4.69) is 125 Å². The first-order valence-electron chi connectivity index (χ1n) is 39.5. The topological polar surface area (TPSA) is 237 Å². The minimum Gasteiger partial charge on any atom is -0.462 e. The van der Waals surface area contributed by atoms with Crippen molar-refractivity contribution in [3.63, 3.8) is 0 Å². The number of allylic oxidation sites excluding steroid dienone is 16. The summed E-state index contributed by atoms with van der Waals surface area (Å²) >= 11 is 0. The van der Waals surface area contributed by atoms with E-state index < -0.39 is 97.5 Å². The second-order valence-corrected chi connectivity index (χ2v) is 29.2. The zero-order valence-corrected chi connectivity index (χ0v) is 64.9. The van der Waals surface area contributed by atoms with Crippen molar-refractivity contribution in [1.29, 1.82) is 0 Å². The number of phosphoric acid groups is 2. The van der Waals surface area contributed by atoms with Crippen molar-refractivity contribution < 1.29 is 80.2 Å². The average molecular weight is 1450 g/mol. The number of hydrogen-bond donors (Lipinski definition) is 3. The third-order valence-electron chi connectivity index (χ3n) is 16.5. The molecule has 19 heteroatoms. The highest BCUT2D eigenvalue weighted by Crippen LogP contribution is 2.45. The summed E-state index contributed by atoms with van der Waals surface area (Å²) < 4.78 is 68.5. The molecule has 0 aromatic heterocycles. The van der Waals surface area contributed by atoms with Crippen LogP contribution in [0.5, 0.6) is 0 Å². The largest absolute Gasteiger partial charge is 0.472 e. The molecule has 0 aliphatic carbocycles. The molecule has 5 atom stereocenters. The molecule has 578 valence electrons. The van der Waals surface area contributed by atoms with Crippen LogP contribution in [0.4, 0.5) is 0 Å². The predicted molar refractivity (Wildman–Crippen MR) is 409 cm³/mol. The Morgan fingerprint density at radius 2 is 0.530 bits per heavy atom. The van der Waals surface area contributed by atoms with Gasteiger partial charge in [0.05, 0.1) is 26.4 Å². The van der Waals surface area contributed by atoms with E-state index in [0.717, 1.165) is 167 Å². The summed E-state index contributed by atoms with van der Waals surface area (Å²) in [4.78, 5) is 72.9. The number of unbranched alkanes of at least 4 members (excludes halogenated alkanes) is 32. The highest BCUT2D eigenvalue weighted by molar-refractivity contribution is 7.47. The summed E-state index contributed by atoms with van der Waals surface area (Å²) in [6, 6.07) is 0. The average Bonchev–Trinajstić information content (AvgIpc) is 0.985. The minimum atomic E-state index is -4.98. The van der Waals surface area contributed by atoms with Crippen molar-refractivity contribution in [2.45, 2.75) is 354 Å². The summed E-state index contributed by atoms with van der Waals surface area (Å²) in [6.07, 6.45) is 76.8. The van der Waals surface area contributed by atoms with Crippen LogP contribution in [0.15, 0.2) is 97.2 Å². The van der Waals surface area contributed by atoms with Gasteiger partial charge in [-0.25, -0.2) is 9.13 Å². The van der Waals surface area contributed by atoms with Crippen LogP contribution in [0.1, 0.15) is 336 Å². The zero-order valence-electron chi connectivity index (χ0n) is 63.1. The Morgan fingerprint density at radius 3 is 0.850 bits per heavy atom.